The lowest BCUT2D eigenvalue weighted by Gasteiger charge is -1.99. The number of benzene rings is 1. The van der Waals surface area contributed by atoms with Gasteiger partial charge in [-0.25, -0.2) is 0 Å². The highest BCUT2D eigenvalue weighted by Crippen LogP contribution is 2.26. The first-order chi connectivity index (χ1) is 10.6. The Morgan fingerprint density at radius 3 is 2.68 bits per heavy atom. The minimum absolute atomic E-state index is 0.0109. The zero-order chi connectivity index (χ0) is 15.5. The molecule has 0 aliphatic carbocycles. The van der Waals surface area contributed by atoms with Crippen molar-refractivity contribution in [1.29, 1.82) is 0 Å². The van der Waals surface area contributed by atoms with Crippen LogP contribution in [0.15, 0.2) is 55.1 Å². The van der Waals surface area contributed by atoms with Crippen molar-refractivity contribution in [2.45, 2.75) is 12.1 Å². The smallest absolute Gasteiger partial charge is 0.277 e. The minimum Gasteiger partial charge on any atom is -0.469 e. The van der Waals surface area contributed by atoms with Crippen molar-refractivity contribution >= 4 is 33.5 Å². The van der Waals surface area contributed by atoms with E-state index in [4.69, 9.17) is 8.83 Å². The van der Waals surface area contributed by atoms with Gasteiger partial charge in [0.15, 0.2) is 5.78 Å². The lowest BCUT2D eigenvalue weighted by atomic mass is 10.2. The number of hydrogen-bond donors (Lipinski definition) is 0. The first-order valence-corrected chi connectivity index (χ1v) is 8.21. The van der Waals surface area contributed by atoms with E-state index >= 15 is 0 Å². The van der Waals surface area contributed by atoms with Crippen molar-refractivity contribution in [3.8, 4) is 11.5 Å². The third-order valence-corrected chi connectivity index (χ3v) is 4.34. The molecule has 5 nitrogen and oxygen atoms in total. The van der Waals surface area contributed by atoms with E-state index in [1.54, 1.807) is 24.5 Å². The van der Waals surface area contributed by atoms with Crippen LogP contribution in [0.25, 0.3) is 11.5 Å². The Morgan fingerprint density at radius 2 is 2.00 bits per heavy atom. The number of carbonyl (C=O) groups is 1. The van der Waals surface area contributed by atoms with Crippen LogP contribution in [-0.2, 0) is 0 Å². The predicted molar refractivity (Wildman–Crippen MR) is 85.9 cm³/mol. The van der Waals surface area contributed by atoms with Gasteiger partial charge in [-0.2, -0.15) is 0 Å². The number of rotatable bonds is 5. The fourth-order valence-corrected chi connectivity index (χ4v) is 2.75. The van der Waals surface area contributed by atoms with Gasteiger partial charge in [0.1, 0.15) is 5.76 Å². The maximum absolute atomic E-state index is 12.1. The molecule has 0 bridgehead atoms. The van der Waals surface area contributed by atoms with Crippen LogP contribution in [0.4, 0.5) is 0 Å². The van der Waals surface area contributed by atoms with Gasteiger partial charge in [-0.1, -0.05) is 39.8 Å². The molecule has 0 unspecified atom stereocenters. The Morgan fingerprint density at radius 1 is 1.23 bits per heavy atom. The SMILES string of the molecule is Cc1occc1-c1nnc(SCC(=O)c2ccc(Br)cc2)o1. The summed E-state index contributed by atoms with van der Waals surface area (Å²) in [6.07, 6.45) is 1.57. The molecule has 0 spiro atoms. The number of furan rings is 1. The van der Waals surface area contributed by atoms with Crippen molar-refractivity contribution in [1.82, 2.24) is 10.2 Å². The summed E-state index contributed by atoms with van der Waals surface area (Å²) < 4.78 is 11.7. The number of ketones is 1. The zero-order valence-electron chi connectivity index (χ0n) is 11.6. The second-order valence-electron chi connectivity index (χ2n) is 4.48. The number of carbonyl (C=O) groups excluding carboxylic acids is 1. The van der Waals surface area contributed by atoms with Gasteiger partial charge < -0.3 is 8.83 Å². The van der Waals surface area contributed by atoms with Gasteiger partial charge in [0.25, 0.3) is 11.1 Å². The average Bonchev–Trinajstić information content (AvgIpc) is 3.14. The second kappa shape index (κ2) is 6.50. The Hall–Kier alpha value is -1.86. The Balaban J connectivity index is 1.65. The van der Waals surface area contributed by atoms with E-state index in [-0.39, 0.29) is 11.5 Å². The van der Waals surface area contributed by atoms with Gasteiger partial charge in [0.2, 0.25) is 0 Å². The number of aromatic nitrogens is 2. The molecule has 7 heteroatoms. The molecule has 0 saturated heterocycles. The molecule has 0 N–H and O–H groups in total. The first kappa shape index (κ1) is 15.1. The van der Waals surface area contributed by atoms with Gasteiger partial charge in [-0.05, 0) is 25.1 Å². The fraction of sp³-hybridized carbons (Fsp3) is 0.133. The lowest BCUT2D eigenvalue weighted by Crippen LogP contribution is -2.01. The van der Waals surface area contributed by atoms with Crippen molar-refractivity contribution in [3.05, 3.63) is 52.4 Å². The van der Waals surface area contributed by atoms with Crippen LogP contribution in [0.3, 0.4) is 0 Å². The molecule has 0 aliphatic rings. The van der Waals surface area contributed by atoms with E-state index in [1.165, 1.54) is 11.8 Å². The summed E-state index contributed by atoms with van der Waals surface area (Å²) in [5, 5.41) is 8.27. The highest BCUT2D eigenvalue weighted by Gasteiger charge is 2.14. The molecule has 1 aromatic carbocycles. The second-order valence-corrected chi connectivity index (χ2v) is 6.32. The lowest BCUT2D eigenvalue weighted by molar-refractivity contribution is 0.102. The van der Waals surface area contributed by atoms with E-state index in [0.717, 1.165) is 10.0 Å². The largest absolute Gasteiger partial charge is 0.469 e. The molecule has 0 atom stereocenters. The molecule has 2 heterocycles. The third kappa shape index (κ3) is 3.31. The van der Waals surface area contributed by atoms with Crippen molar-refractivity contribution in [2.75, 3.05) is 5.75 Å². The summed E-state index contributed by atoms with van der Waals surface area (Å²) in [5.41, 5.74) is 1.42. The van der Waals surface area contributed by atoms with E-state index in [0.29, 0.717) is 22.4 Å². The Labute approximate surface area is 139 Å². The van der Waals surface area contributed by atoms with Crippen LogP contribution in [0.1, 0.15) is 16.1 Å². The Kier molecular flexibility index (Phi) is 4.44. The van der Waals surface area contributed by atoms with Crippen LogP contribution >= 0.6 is 27.7 Å². The van der Waals surface area contributed by atoms with Crippen LogP contribution < -0.4 is 0 Å². The number of hydrogen-bond acceptors (Lipinski definition) is 6. The van der Waals surface area contributed by atoms with E-state index in [2.05, 4.69) is 26.1 Å². The maximum atomic E-state index is 12.1. The number of thioether (sulfide) groups is 1. The molecule has 2 aromatic heterocycles. The van der Waals surface area contributed by atoms with Gasteiger partial charge >= 0.3 is 0 Å². The summed E-state index contributed by atoms with van der Waals surface area (Å²) in [4.78, 5) is 12.1. The summed E-state index contributed by atoms with van der Waals surface area (Å²) in [5.74, 6) is 1.36. The molecular weight excluding hydrogens is 368 g/mol. The normalized spacial score (nSPS) is 10.8. The molecule has 0 aliphatic heterocycles. The Bertz CT molecular complexity index is 795. The number of nitrogens with zero attached hydrogens (tertiary/aromatic N) is 2. The summed E-state index contributed by atoms with van der Waals surface area (Å²) in [6, 6.07) is 9.00. The van der Waals surface area contributed by atoms with Crippen LogP contribution in [0, 0.1) is 6.92 Å². The van der Waals surface area contributed by atoms with Gasteiger partial charge in [-0.15, -0.1) is 10.2 Å². The van der Waals surface area contributed by atoms with E-state index in [1.807, 2.05) is 19.1 Å². The average molecular weight is 379 g/mol. The molecule has 112 valence electrons. The summed E-state index contributed by atoms with van der Waals surface area (Å²) in [6.45, 7) is 1.82. The zero-order valence-corrected chi connectivity index (χ0v) is 14.0. The standard InChI is InChI=1S/C15H11BrN2O3S/c1-9-12(6-7-20-9)14-17-18-15(21-14)22-8-13(19)10-2-4-11(16)5-3-10/h2-7H,8H2,1H3. The summed E-state index contributed by atoms with van der Waals surface area (Å²) in [7, 11) is 0. The molecule has 3 rings (SSSR count). The molecule has 0 saturated carbocycles. The molecular formula is C15H11BrN2O3S. The molecule has 0 fully saturated rings. The topological polar surface area (TPSA) is 69.1 Å². The molecule has 0 radical (unpaired) electrons. The molecule has 0 amide bonds. The van der Waals surface area contributed by atoms with Crippen molar-refractivity contribution < 1.29 is 13.6 Å². The monoisotopic (exact) mass is 378 g/mol. The number of Topliss-reactive ketones (excluding diaryl/α,β-unsaturated/α-hetero) is 1. The van der Waals surface area contributed by atoms with E-state index in [9.17, 15) is 4.79 Å². The highest BCUT2D eigenvalue weighted by atomic mass is 79.9. The number of aryl methyl sites for hydroxylation is 1. The molecule has 3 aromatic rings. The quantitative estimate of drug-likeness (QED) is 0.484. The van der Waals surface area contributed by atoms with Crippen LogP contribution in [0.2, 0.25) is 0 Å². The van der Waals surface area contributed by atoms with Gasteiger partial charge in [0.05, 0.1) is 17.6 Å². The van der Waals surface area contributed by atoms with Gasteiger partial charge in [0, 0.05) is 10.0 Å². The van der Waals surface area contributed by atoms with Crippen molar-refractivity contribution in [2.24, 2.45) is 0 Å². The van der Waals surface area contributed by atoms with Crippen LogP contribution in [0.5, 0.6) is 0 Å². The van der Waals surface area contributed by atoms with Crippen LogP contribution in [-0.4, -0.2) is 21.7 Å². The first-order valence-electron chi connectivity index (χ1n) is 6.43. The van der Waals surface area contributed by atoms with Crippen molar-refractivity contribution in [3.63, 3.8) is 0 Å². The van der Waals surface area contributed by atoms with Gasteiger partial charge in [-0.3, -0.25) is 4.79 Å². The minimum atomic E-state index is 0.0109. The fourth-order valence-electron chi connectivity index (χ4n) is 1.83. The van der Waals surface area contributed by atoms with E-state index < -0.39 is 0 Å². The maximum Gasteiger partial charge on any atom is 0.277 e. The summed E-state index contributed by atoms with van der Waals surface area (Å²) >= 11 is 4.56. The molecule has 22 heavy (non-hydrogen) atoms. The highest BCUT2D eigenvalue weighted by molar-refractivity contribution is 9.10. The third-order valence-electron chi connectivity index (χ3n) is 2.99. The predicted octanol–water partition coefficient (Wildman–Crippen LogP) is 4.38. The number of halogens is 1.